The maximum absolute atomic E-state index is 5.79. The van der Waals surface area contributed by atoms with Crippen molar-refractivity contribution in [2.75, 3.05) is 0 Å². The zero-order valence-electron chi connectivity index (χ0n) is 11.8. The van der Waals surface area contributed by atoms with E-state index in [-0.39, 0.29) is 6.04 Å². The highest BCUT2D eigenvalue weighted by Gasteiger charge is 2.40. The number of aromatic nitrogens is 3. The first-order chi connectivity index (χ1) is 9.31. The van der Waals surface area contributed by atoms with Crippen LogP contribution in [0, 0.1) is 17.8 Å². The van der Waals surface area contributed by atoms with Gasteiger partial charge in [-0.05, 0) is 49.9 Å². The van der Waals surface area contributed by atoms with Crippen LogP contribution >= 0.6 is 0 Å². The van der Waals surface area contributed by atoms with Crippen molar-refractivity contribution in [2.45, 2.75) is 58.0 Å². The predicted molar refractivity (Wildman–Crippen MR) is 73.9 cm³/mol. The molecule has 3 N–H and O–H groups in total. The van der Waals surface area contributed by atoms with Gasteiger partial charge in [-0.3, -0.25) is 11.3 Å². The Morgan fingerprint density at radius 1 is 1.47 bits per heavy atom. The molecule has 1 aromatic heterocycles. The maximum Gasteiger partial charge on any atom is 0.0770 e. The Labute approximate surface area is 114 Å². The zero-order valence-corrected chi connectivity index (χ0v) is 11.8. The average molecular weight is 263 g/mol. The molecular formula is C14H25N5. The number of hydrazine groups is 1. The largest absolute Gasteiger partial charge is 0.271 e. The Hall–Kier alpha value is -0.940. The topological polar surface area (TPSA) is 68.8 Å². The van der Waals surface area contributed by atoms with Gasteiger partial charge in [-0.15, -0.1) is 5.10 Å². The van der Waals surface area contributed by atoms with Crippen LogP contribution in [-0.4, -0.2) is 15.0 Å². The summed E-state index contributed by atoms with van der Waals surface area (Å²) in [6.45, 7) is 3.08. The van der Waals surface area contributed by atoms with Gasteiger partial charge in [-0.1, -0.05) is 18.6 Å². The molecule has 19 heavy (non-hydrogen) atoms. The van der Waals surface area contributed by atoms with Gasteiger partial charge in [0, 0.05) is 6.54 Å². The Kier molecular flexibility index (Phi) is 3.84. The lowest BCUT2D eigenvalue weighted by Gasteiger charge is -2.26. The molecular weight excluding hydrogens is 238 g/mol. The lowest BCUT2D eigenvalue weighted by Crippen LogP contribution is -2.32. The summed E-state index contributed by atoms with van der Waals surface area (Å²) in [6.07, 6.45) is 9.81. The monoisotopic (exact) mass is 263 g/mol. The quantitative estimate of drug-likeness (QED) is 0.608. The van der Waals surface area contributed by atoms with Gasteiger partial charge in [-0.2, -0.15) is 0 Å². The maximum atomic E-state index is 5.79. The molecule has 106 valence electrons. The standard InChI is InChI=1S/C14H25N5/c1-2-5-19-14(9-16-18-19)13(17-15)8-12-7-10-3-4-11(12)6-10/h9-13,17H,2-8,15H2,1H3. The van der Waals surface area contributed by atoms with Crippen LogP contribution in [-0.2, 0) is 6.54 Å². The fourth-order valence-electron chi connectivity index (χ4n) is 4.16. The third kappa shape index (κ3) is 2.54. The van der Waals surface area contributed by atoms with Crippen molar-refractivity contribution in [3.63, 3.8) is 0 Å². The highest BCUT2D eigenvalue weighted by Crippen LogP contribution is 2.50. The summed E-state index contributed by atoms with van der Waals surface area (Å²) < 4.78 is 2.00. The van der Waals surface area contributed by atoms with E-state index in [2.05, 4.69) is 22.7 Å². The van der Waals surface area contributed by atoms with Crippen molar-refractivity contribution in [1.82, 2.24) is 20.4 Å². The van der Waals surface area contributed by atoms with Crippen LogP contribution in [0.4, 0.5) is 0 Å². The number of hydrogen-bond acceptors (Lipinski definition) is 4. The molecule has 0 saturated heterocycles. The third-order valence-corrected chi connectivity index (χ3v) is 5.06. The second-order valence-corrected chi connectivity index (χ2v) is 6.27. The van der Waals surface area contributed by atoms with Gasteiger partial charge in [0.2, 0.25) is 0 Å². The molecule has 4 unspecified atom stereocenters. The molecule has 0 spiro atoms. The average Bonchev–Trinajstić information content (AvgIpc) is 3.12. The van der Waals surface area contributed by atoms with E-state index in [9.17, 15) is 0 Å². The van der Waals surface area contributed by atoms with Gasteiger partial charge in [0.15, 0.2) is 0 Å². The van der Waals surface area contributed by atoms with Crippen LogP contribution < -0.4 is 11.3 Å². The van der Waals surface area contributed by atoms with E-state index in [1.807, 2.05) is 10.9 Å². The minimum absolute atomic E-state index is 0.200. The van der Waals surface area contributed by atoms with E-state index in [4.69, 9.17) is 5.84 Å². The van der Waals surface area contributed by atoms with Crippen molar-refractivity contribution in [1.29, 1.82) is 0 Å². The van der Waals surface area contributed by atoms with Crippen LogP contribution in [0.5, 0.6) is 0 Å². The van der Waals surface area contributed by atoms with Gasteiger partial charge < -0.3 is 0 Å². The molecule has 1 aromatic rings. The van der Waals surface area contributed by atoms with Crippen LogP contribution in [0.15, 0.2) is 6.20 Å². The Bertz CT molecular complexity index is 416. The Morgan fingerprint density at radius 3 is 3.00 bits per heavy atom. The number of fused-ring (bicyclic) bond motifs is 2. The minimum atomic E-state index is 0.200. The molecule has 0 aromatic carbocycles. The van der Waals surface area contributed by atoms with Gasteiger partial charge in [0.05, 0.1) is 17.9 Å². The molecule has 5 nitrogen and oxygen atoms in total. The summed E-state index contributed by atoms with van der Waals surface area (Å²) in [5.74, 6) is 8.56. The molecule has 2 saturated carbocycles. The molecule has 2 bridgehead atoms. The molecule has 2 fully saturated rings. The highest BCUT2D eigenvalue weighted by atomic mass is 15.4. The number of rotatable bonds is 6. The van der Waals surface area contributed by atoms with E-state index < -0.39 is 0 Å². The van der Waals surface area contributed by atoms with Crippen molar-refractivity contribution in [3.8, 4) is 0 Å². The first-order valence-corrected chi connectivity index (χ1v) is 7.66. The Balaban J connectivity index is 1.68. The van der Waals surface area contributed by atoms with Crippen LogP contribution in [0.1, 0.15) is 57.2 Å². The molecule has 4 atom stereocenters. The summed E-state index contributed by atoms with van der Waals surface area (Å²) in [4.78, 5) is 0. The predicted octanol–water partition coefficient (Wildman–Crippen LogP) is 2.02. The van der Waals surface area contributed by atoms with Crippen molar-refractivity contribution in [3.05, 3.63) is 11.9 Å². The normalized spacial score (nSPS) is 30.9. The lowest BCUT2D eigenvalue weighted by molar-refractivity contribution is 0.274. The van der Waals surface area contributed by atoms with Gasteiger partial charge >= 0.3 is 0 Å². The number of hydrogen-bond donors (Lipinski definition) is 2. The third-order valence-electron chi connectivity index (χ3n) is 5.06. The molecule has 2 aliphatic carbocycles. The number of nitrogens with zero attached hydrogens (tertiary/aromatic N) is 3. The molecule has 1 heterocycles. The molecule has 2 aliphatic rings. The van der Waals surface area contributed by atoms with E-state index in [0.717, 1.165) is 42.8 Å². The first-order valence-electron chi connectivity index (χ1n) is 7.66. The number of nitrogens with one attached hydrogen (secondary N) is 1. The van der Waals surface area contributed by atoms with E-state index in [0.29, 0.717) is 0 Å². The summed E-state index contributed by atoms with van der Waals surface area (Å²) in [6, 6.07) is 0.200. The van der Waals surface area contributed by atoms with Crippen molar-refractivity contribution in [2.24, 2.45) is 23.6 Å². The zero-order chi connectivity index (χ0) is 13.2. The second kappa shape index (κ2) is 5.59. The van der Waals surface area contributed by atoms with Crippen LogP contribution in [0.2, 0.25) is 0 Å². The van der Waals surface area contributed by atoms with Crippen molar-refractivity contribution >= 4 is 0 Å². The molecule has 0 radical (unpaired) electrons. The smallest absolute Gasteiger partial charge is 0.0770 e. The summed E-state index contributed by atoms with van der Waals surface area (Å²) in [5.41, 5.74) is 4.13. The number of nitrogens with two attached hydrogens (primary N) is 1. The fourth-order valence-corrected chi connectivity index (χ4v) is 4.16. The summed E-state index contributed by atoms with van der Waals surface area (Å²) >= 11 is 0. The van der Waals surface area contributed by atoms with Crippen LogP contribution in [0.25, 0.3) is 0 Å². The molecule has 0 amide bonds. The van der Waals surface area contributed by atoms with Gasteiger partial charge in [-0.25, -0.2) is 4.68 Å². The van der Waals surface area contributed by atoms with Crippen LogP contribution in [0.3, 0.4) is 0 Å². The van der Waals surface area contributed by atoms with Gasteiger partial charge in [0.1, 0.15) is 0 Å². The van der Waals surface area contributed by atoms with E-state index in [1.165, 1.54) is 25.7 Å². The summed E-state index contributed by atoms with van der Waals surface area (Å²) in [5, 5.41) is 8.22. The van der Waals surface area contributed by atoms with E-state index in [1.54, 1.807) is 0 Å². The highest BCUT2D eigenvalue weighted by molar-refractivity contribution is 5.04. The fraction of sp³-hybridized carbons (Fsp3) is 0.857. The summed E-state index contributed by atoms with van der Waals surface area (Å²) in [7, 11) is 0. The molecule has 5 heteroatoms. The first kappa shape index (κ1) is 13.1. The molecule has 0 aliphatic heterocycles. The Morgan fingerprint density at radius 2 is 2.37 bits per heavy atom. The number of aryl methyl sites for hydroxylation is 1. The van der Waals surface area contributed by atoms with E-state index >= 15 is 0 Å². The minimum Gasteiger partial charge on any atom is -0.271 e. The SMILES string of the molecule is CCCn1nncc1C(CC1CC2CCC1C2)NN. The second-order valence-electron chi connectivity index (χ2n) is 6.27. The molecule has 3 rings (SSSR count). The lowest BCUT2D eigenvalue weighted by atomic mass is 9.84. The van der Waals surface area contributed by atoms with Gasteiger partial charge in [0.25, 0.3) is 0 Å². The van der Waals surface area contributed by atoms with Crippen molar-refractivity contribution < 1.29 is 0 Å².